The second kappa shape index (κ2) is 7.74. The van der Waals surface area contributed by atoms with Gasteiger partial charge in [-0.3, -0.25) is 4.79 Å². The molecule has 3 N–H and O–H groups in total. The fourth-order valence-electron chi connectivity index (χ4n) is 2.61. The molecule has 2 unspecified atom stereocenters. The maximum atomic E-state index is 12.0. The van der Waals surface area contributed by atoms with Crippen molar-refractivity contribution in [3.63, 3.8) is 0 Å². The molecular formula is C14H28N2O2. The summed E-state index contributed by atoms with van der Waals surface area (Å²) in [5.74, 6) is 1.04. The zero-order valence-electron chi connectivity index (χ0n) is 11.9. The van der Waals surface area contributed by atoms with Crippen molar-refractivity contribution in [1.82, 2.24) is 5.32 Å². The lowest BCUT2D eigenvalue weighted by Crippen LogP contribution is -2.42. The molecule has 1 rings (SSSR count). The maximum absolute atomic E-state index is 12.0. The Hall–Kier alpha value is -0.610. The van der Waals surface area contributed by atoms with Gasteiger partial charge in [-0.2, -0.15) is 0 Å². The van der Waals surface area contributed by atoms with E-state index in [4.69, 9.17) is 10.5 Å². The van der Waals surface area contributed by atoms with E-state index in [2.05, 4.69) is 26.1 Å². The summed E-state index contributed by atoms with van der Waals surface area (Å²) < 4.78 is 5.47. The van der Waals surface area contributed by atoms with Crippen molar-refractivity contribution in [1.29, 1.82) is 0 Å². The molecule has 0 aromatic rings. The molecule has 4 heteroatoms. The van der Waals surface area contributed by atoms with Gasteiger partial charge >= 0.3 is 0 Å². The summed E-state index contributed by atoms with van der Waals surface area (Å²) in [5, 5.41) is 3.11. The second-order valence-electron chi connectivity index (χ2n) is 5.91. The molecule has 1 saturated heterocycles. The number of rotatable bonds is 6. The average Bonchev–Trinajstić information content (AvgIpc) is 2.27. The second-order valence-corrected chi connectivity index (χ2v) is 5.91. The minimum Gasteiger partial charge on any atom is -0.378 e. The molecule has 1 aliphatic rings. The summed E-state index contributed by atoms with van der Waals surface area (Å²) in [6, 6.07) is 0.277. The van der Waals surface area contributed by atoms with Crippen molar-refractivity contribution in [2.45, 2.75) is 58.6 Å². The van der Waals surface area contributed by atoms with Gasteiger partial charge < -0.3 is 15.8 Å². The smallest absolute Gasteiger partial charge is 0.220 e. The van der Waals surface area contributed by atoms with E-state index in [0.717, 1.165) is 25.9 Å². The van der Waals surface area contributed by atoms with Gasteiger partial charge in [-0.1, -0.05) is 13.8 Å². The standard InChI is InChI=1S/C14H28N2O2/c1-10(2)6-12(9-15)8-14(17)16-13-4-5-18-11(3)7-13/h10-13H,4-9,15H2,1-3H3,(H,16,17)/t11?,12-,13?/m0/s1. The fraction of sp³-hybridized carbons (Fsp3) is 0.929. The van der Waals surface area contributed by atoms with Crippen LogP contribution in [0.15, 0.2) is 0 Å². The van der Waals surface area contributed by atoms with Crippen LogP contribution in [-0.2, 0) is 9.53 Å². The third-order valence-electron chi connectivity index (χ3n) is 3.46. The van der Waals surface area contributed by atoms with Gasteiger partial charge in [0.2, 0.25) is 5.91 Å². The summed E-state index contributed by atoms with van der Waals surface area (Å²) in [7, 11) is 0. The third kappa shape index (κ3) is 5.83. The van der Waals surface area contributed by atoms with Crippen molar-refractivity contribution < 1.29 is 9.53 Å². The lowest BCUT2D eigenvalue weighted by molar-refractivity contribution is -0.123. The molecule has 18 heavy (non-hydrogen) atoms. The Balaban J connectivity index is 2.30. The summed E-state index contributed by atoms with van der Waals surface area (Å²) in [6.45, 7) is 7.73. The van der Waals surface area contributed by atoms with Crippen molar-refractivity contribution in [2.75, 3.05) is 13.2 Å². The van der Waals surface area contributed by atoms with Gasteiger partial charge in [0.25, 0.3) is 0 Å². The van der Waals surface area contributed by atoms with Gasteiger partial charge in [0.15, 0.2) is 0 Å². The van der Waals surface area contributed by atoms with E-state index in [1.807, 2.05) is 0 Å². The first-order valence-electron chi connectivity index (χ1n) is 7.12. The summed E-state index contributed by atoms with van der Waals surface area (Å²) >= 11 is 0. The molecule has 1 heterocycles. The Morgan fingerprint density at radius 1 is 1.50 bits per heavy atom. The van der Waals surface area contributed by atoms with E-state index in [1.165, 1.54) is 0 Å². The highest BCUT2D eigenvalue weighted by Gasteiger charge is 2.22. The average molecular weight is 256 g/mol. The van der Waals surface area contributed by atoms with Crippen LogP contribution in [-0.4, -0.2) is 31.2 Å². The minimum absolute atomic E-state index is 0.144. The van der Waals surface area contributed by atoms with Crippen LogP contribution in [0, 0.1) is 11.8 Å². The summed E-state index contributed by atoms with van der Waals surface area (Å²) in [5.41, 5.74) is 5.72. The van der Waals surface area contributed by atoms with Crippen molar-refractivity contribution in [3.8, 4) is 0 Å². The van der Waals surface area contributed by atoms with E-state index in [-0.39, 0.29) is 18.1 Å². The van der Waals surface area contributed by atoms with Gasteiger partial charge in [0, 0.05) is 19.1 Å². The molecule has 1 fully saturated rings. The number of nitrogens with one attached hydrogen (secondary N) is 1. The fourth-order valence-corrected chi connectivity index (χ4v) is 2.61. The number of ether oxygens (including phenoxy) is 1. The number of carbonyl (C=O) groups excluding carboxylic acids is 1. The molecule has 106 valence electrons. The zero-order chi connectivity index (χ0) is 13.5. The number of nitrogens with two attached hydrogens (primary N) is 1. The lowest BCUT2D eigenvalue weighted by Gasteiger charge is -2.28. The quantitative estimate of drug-likeness (QED) is 0.760. The monoisotopic (exact) mass is 256 g/mol. The highest BCUT2D eigenvalue weighted by molar-refractivity contribution is 5.76. The normalized spacial score (nSPS) is 26.1. The van der Waals surface area contributed by atoms with Crippen LogP contribution in [0.3, 0.4) is 0 Å². The molecule has 1 amide bonds. The number of hydrogen-bond acceptors (Lipinski definition) is 3. The van der Waals surface area contributed by atoms with E-state index < -0.39 is 0 Å². The van der Waals surface area contributed by atoms with E-state index >= 15 is 0 Å². The minimum atomic E-state index is 0.144. The van der Waals surface area contributed by atoms with Crippen molar-refractivity contribution >= 4 is 5.91 Å². The van der Waals surface area contributed by atoms with E-state index in [0.29, 0.717) is 24.8 Å². The Kier molecular flexibility index (Phi) is 6.65. The SMILES string of the molecule is CC(C)C[C@H](CN)CC(=O)NC1CCOC(C)C1. The molecular weight excluding hydrogens is 228 g/mol. The van der Waals surface area contributed by atoms with Crippen molar-refractivity contribution in [2.24, 2.45) is 17.6 Å². The summed E-state index contributed by atoms with van der Waals surface area (Å²) in [4.78, 5) is 12.0. The molecule has 4 nitrogen and oxygen atoms in total. The first-order valence-corrected chi connectivity index (χ1v) is 7.12. The van der Waals surface area contributed by atoms with Gasteiger partial charge in [-0.05, 0) is 44.6 Å². The van der Waals surface area contributed by atoms with Crippen LogP contribution in [0.1, 0.15) is 46.5 Å². The van der Waals surface area contributed by atoms with Gasteiger partial charge in [0.1, 0.15) is 0 Å². The molecule has 0 radical (unpaired) electrons. The lowest BCUT2D eigenvalue weighted by atomic mass is 9.93. The van der Waals surface area contributed by atoms with Crippen LogP contribution in [0.25, 0.3) is 0 Å². The molecule has 0 aromatic carbocycles. The first-order chi connectivity index (χ1) is 8.51. The molecule has 0 aliphatic carbocycles. The molecule has 3 atom stereocenters. The molecule has 0 aromatic heterocycles. The van der Waals surface area contributed by atoms with Gasteiger partial charge in [-0.15, -0.1) is 0 Å². The van der Waals surface area contributed by atoms with Crippen molar-refractivity contribution in [3.05, 3.63) is 0 Å². The Morgan fingerprint density at radius 2 is 2.22 bits per heavy atom. The molecule has 0 spiro atoms. The van der Waals surface area contributed by atoms with Crippen LogP contribution < -0.4 is 11.1 Å². The third-order valence-corrected chi connectivity index (χ3v) is 3.46. The predicted octanol–water partition coefficient (Wildman–Crippen LogP) is 1.68. The van der Waals surface area contributed by atoms with Crippen LogP contribution in [0.2, 0.25) is 0 Å². The highest BCUT2D eigenvalue weighted by Crippen LogP contribution is 2.16. The number of hydrogen-bond donors (Lipinski definition) is 2. The molecule has 1 aliphatic heterocycles. The van der Waals surface area contributed by atoms with Crippen LogP contribution >= 0.6 is 0 Å². The predicted molar refractivity (Wildman–Crippen MR) is 73.2 cm³/mol. The maximum Gasteiger partial charge on any atom is 0.220 e. The first kappa shape index (κ1) is 15.4. The number of amides is 1. The Labute approximate surface area is 111 Å². The van der Waals surface area contributed by atoms with E-state index in [9.17, 15) is 4.79 Å². The highest BCUT2D eigenvalue weighted by atomic mass is 16.5. The zero-order valence-corrected chi connectivity index (χ0v) is 11.9. The molecule has 0 saturated carbocycles. The van der Waals surface area contributed by atoms with Crippen LogP contribution in [0.5, 0.6) is 0 Å². The Bertz CT molecular complexity index is 248. The van der Waals surface area contributed by atoms with Gasteiger partial charge in [0.05, 0.1) is 6.10 Å². The summed E-state index contributed by atoms with van der Waals surface area (Å²) in [6.07, 6.45) is 3.68. The van der Waals surface area contributed by atoms with E-state index in [1.54, 1.807) is 0 Å². The topological polar surface area (TPSA) is 64.4 Å². The largest absolute Gasteiger partial charge is 0.378 e. The van der Waals surface area contributed by atoms with Gasteiger partial charge in [-0.25, -0.2) is 0 Å². The number of carbonyl (C=O) groups is 1. The Morgan fingerprint density at radius 3 is 2.78 bits per heavy atom. The molecule has 0 bridgehead atoms. The van der Waals surface area contributed by atoms with Crippen LogP contribution in [0.4, 0.5) is 0 Å².